The second-order valence-corrected chi connectivity index (χ2v) is 6.72. The van der Waals surface area contributed by atoms with Gasteiger partial charge in [0.05, 0.1) is 5.69 Å². The van der Waals surface area contributed by atoms with Gasteiger partial charge in [-0.05, 0) is 6.92 Å². The molecule has 0 aliphatic rings. The summed E-state index contributed by atoms with van der Waals surface area (Å²) in [6.45, 7) is 1.50. The Bertz CT molecular complexity index is 736. The van der Waals surface area contributed by atoms with E-state index < -0.39 is 15.1 Å². The number of nitrogens with one attached hydrogen (secondary N) is 1. The molecule has 5 nitrogen and oxygen atoms in total. The van der Waals surface area contributed by atoms with Gasteiger partial charge in [0, 0.05) is 17.9 Å². The first-order chi connectivity index (χ1) is 8.88. The smallest absolute Gasteiger partial charge is 0.251 e. The first kappa shape index (κ1) is 13.5. The first-order valence-electron chi connectivity index (χ1n) is 5.73. The van der Waals surface area contributed by atoms with Gasteiger partial charge in [-0.25, -0.2) is 13.4 Å². The van der Waals surface area contributed by atoms with Gasteiger partial charge in [-0.3, -0.25) is 4.79 Å². The molecule has 1 N–H and O–H groups in total. The van der Waals surface area contributed by atoms with Crippen LogP contribution in [0.15, 0.2) is 41.2 Å². The Morgan fingerprint density at radius 2 is 1.84 bits per heavy atom. The fraction of sp³-hybridized carbons (Fsp3) is 0.231. The van der Waals surface area contributed by atoms with Crippen LogP contribution in [0.25, 0.3) is 11.3 Å². The van der Waals surface area contributed by atoms with E-state index in [0.717, 1.165) is 11.8 Å². The van der Waals surface area contributed by atoms with Crippen LogP contribution in [0.3, 0.4) is 0 Å². The third-order valence-electron chi connectivity index (χ3n) is 2.86. The highest BCUT2D eigenvalue weighted by molar-refractivity contribution is 7.90. The van der Waals surface area contributed by atoms with Gasteiger partial charge >= 0.3 is 0 Å². The number of benzene rings is 1. The van der Waals surface area contributed by atoms with E-state index in [2.05, 4.69) is 9.97 Å². The molecule has 0 spiro atoms. The van der Waals surface area contributed by atoms with E-state index in [4.69, 9.17) is 0 Å². The molecule has 0 bridgehead atoms. The molecule has 2 aromatic rings. The Morgan fingerprint density at radius 1 is 1.21 bits per heavy atom. The monoisotopic (exact) mass is 278 g/mol. The molecule has 0 saturated carbocycles. The lowest BCUT2D eigenvalue weighted by Crippen LogP contribution is -2.17. The van der Waals surface area contributed by atoms with Crippen molar-refractivity contribution in [3.05, 3.63) is 52.6 Å². The van der Waals surface area contributed by atoms with Gasteiger partial charge in [0.15, 0.2) is 9.84 Å². The van der Waals surface area contributed by atoms with Gasteiger partial charge < -0.3 is 4.98 Å². The molecule has 1 unspecified atom stereocenters. The summed E-state index contributed by atoms with van der Waals surface area (Å²) in [7, 11) is -3.30. The van der Waals surface area contributed by atoms with E-state index in [-0.39, 0.29) is 11.4 Å². The molecule has 0 radical (unpaired) electrons. The summed E-state index contributed by atoms with van der Waals surface area (Å²) in [6.07, 6.45) is 1.12. The van der Waals surface area contributed by atoms with Crippen molar-refractivity contribution in [1.29, 1.82) is 0 Å². The van der Waals surface area contributed by atoms with E-state index >= 15 is 0 Å². The number of aromatic amines is 1. The van der Waals surface area contributed by atoms with Crippen LogP contribution in [0.4, 0.5) is 0 Å². The maximum Gasteiger partial charge on any atom is 0.251 e. The van der Waals surface area contributed by atoms with Crippen LogP contribution in [-0.4, -0.2) is 24.6 Å². The molecule has 1 heterocycles. The number of nitrogens with zero attached hydrogens (tertiary/aromatic N) is 1. The highest BCUT2D eigenvalue weighted by atomic mass is 32.2. The second kappa shape index (κ2) is 4.97. The van der Waals surface area contributed by atoms with Crippen LogP contribution in [0.1, 0.15) is 18.0 Å². The molecule has 0 saturated heterocycles. The number of sulfone groups is 1. The largest absolute Gasteiger partial charge is 0.309 e. The van der Waals surface area contributed by atoms with Crippen molar-refractivity contribution >= 4 is 9.84 Å². The molecule has 2 rings (SSSR count). The highest BCUT2D eigenvalue weighted by Crippen LogP contribution is 2.20. The predicted octanol–water partition coefficient (Wildman–Crippen LogP) is 1.54. The minimum Gasteiger partial charge on any atom is -0.309 e. The molecule has 1 aromatic carbocycles. The van der Waals surface area contributed by atoms with Gasteiger partial charge in [-0.1, -0.05) is 30.3 Å². The second-order valence-electron chi connectivity index (χ2n) is 4.35. The molecular formula is C13H14N2O3S. The molecule has 0 amide bonds. The molecule has 1 atom stereocenters. The number of H-pyrrole nitrogens is 1. The topological polar surface area (TPSA) is 79.9 Å². The summed E-state index contributed by atoms with van der Waals surface area (Å²) in [5.74, 6) is 0.161. The van der Waals surface area contributed by atoms with Crippen molar-refractivity contribution in [3.63, 3.8) is 0 Å². The first-order valence-corrected chi connectivity index (χ1v) is 7.69. The fourth-order valence-corrected chi connectivity index (χ4v) is 2.15. The Labute approximate surface area is 111 Å². The summed E-state index contributed by atoms with van der Waals surface area (Å²) >= 11 is 0. The van der Waals surface area contributed by atoms with Gasteiger partial charge in [-0.2, -0.15) is 0 Å². The third kappa shape index (κ3) is 3.08. The number of hydrogen-bond acceptors (Lipinski definition) is 4. The molecule has 0 aliphatic carbocycles. The van der Waals surface area contributed by atoms with Crippen molar-refractivity contribution in [1.82, 2.24) is 9.97 Å². The summed E-state index contributed by atoms with van der Waals surface area (Å²) < 4.78 is 23.1. The maximum absolute atomic E-state index is 11.6. The van der Waals surface area contributed by atoms with Crippen molar-refractivity contribution in [2.45, 2.75) is 12.2 Å². The third-order valence-corrected chi connectivity index (χ3v) is 4.36. The summed E-state index contributed by atoms with van der Waals surface area (Å²) in [4.78, 5) is 18.3. The van der Waals surface area contributed by atoms with Gasteiger partial charge in [0.25, 0.3) is 5.56 Å². The summed E-state index contributed by atoms with van der Waals surface area (Å²) in [5.41, 5.74) is 0.879. The van der Waals surface area contributed by atoms with Gasteiger partial charge in [0.2, 0.25) is 0 Å². The lowest BCUT2D eigenvalue weighted by molar-refractivity contribution is 0.589. The molecule has 19 heavy (non-hydrogen) atoms. The maximum atomic E-state index is 11.6. The fourth-order valence-electron chi connectivity index (χ4n) is 1.63. The van der Waals surface area contributed by atoms with E-state index in [1.54, 1.807) is 0 Å². The molecule has 0 aliphatic heterocycles. The standard InChI is InChI=1S/C13H14N2O3S/c1-9(19(2,17)18)13-14-11(8-12(16)15-13)10-6-4-3-5-7-10/h3-9H,1-2H3,(H,14,15,16). The zero-order chi connectivity index (χ0) is 14.0. The van der Waals surface area contributed by atoms with E-state index in [1.165, 1.54) is 13.0 Å². The van der Waals surface area contributed by atoms with E-state index in [9.17, 15) is 13.2 Å². The quantitative estimate of drug-likeness (QED) is 0.923. The Kier molecular flexibility index (Phi) is 3.53. The van der Waals surface area contributed by atoms with E-state index in [1.807, 2.05) is 30.3 Å². The Morgan fingerprint density at radius 3 is 2.42 bits per heavy atom. The molecular weight excluding hydrogens is 264 g/mol. The lowest BCUT2D eigenvalue weighted by Gasteiger charge is -2.09. The van der Waals surface area contributed by atoms with Crippen molar-refractivity contribution < 1.29 is 8.42 Å². The van der Waals surface area contributed by atoms with Crippen LogP contribution in [0.2, 0.25) is 0 Å². The minimum absolute atomic E-state index is 0.161. The van der Waals surface area contributed by atoms with Crippen LogP contribution >= 0.6 is 0 Å². The number of rotatable bonds is 3. The Balaban J connectivity index is 2.56. The highest BCUT2D eigenvalue weighted by Gasteiger charge is 2.20. The van der Waals surface area contributed by atoms with Gasteiger partial charge in [0.1, 0.15) is 11.1 Å². The average Bonchev–Trinajstić information content (AvgIpc) is 2.37. The molecule has 1 aromatic heterocycles. The van der Waals surface area contributed by atoms with Crippen LogP contribution in [0, 0.1) is 0 Å². The summed E-state index contributed by atoms with van der Waals surface area (Å²) in [5, 5.41) is -0.844. The van der Waals surface area contributed by atoms with Crippen molar-refractivity contribution in [2.75, 3.05) is 6.26 Å². The molecule has 100 valence electrons. The zero-order valence-corrected chi connectivity index (χ0v) is 11.4. The molecule has 0 fully saturated rings. The lowest BCUT2D eigenvalue weighted by atomic mass is 10.1. The number of hydrogen-bond donors (Lipinski definition) is 1. The SMILES string of the molecule is CC(c1nc(-c2ccccc2)cc(=O)[nH]1)S(C)(=O)=O. The Hall–Kier alpha value is -1.95. The average molecular weight is 278 g/mol. The van der Waals surface area contributed by atoms with Gasteiger partial charge in [-0.15, -0.1) is 0 Å². The molecule has 6 heteroatoms. The van der Waals surface area contributed by atoms with Crippen molar-refractivity contribution in [2.24, 2.45) is 0 Å². The number of aromatic nitrogens is 2. The predicted molar refractivity (Wildman–Crippen MR) is 73.6 cm³/mol. The minimum atomic E-state index is -3.30. The normalized spacial score (nSPS) is 13.2. The van der Waals surface area contributed by atoms with Crippen LogP contribution in [-0.2, 0) is 9.84 Å². The zero-order valence-electron chi connectivity index (χ0n) is 10.6. The van der Waals surface area contributed by atoms with Crippen LogP contribution in [0.5, 0.6) is 0 Å². The van der Waals surface area contributed by atoms with E-state index in [0.29, 0.717) is 5.69 Å². The van der Waals surface area contributed by atoms with Crippen LogP contribution < -0.4 is 5.56 Å². The summed E-state index contributed by atoms with van der Waals surface area (Å²) in [6, 6.07) is 10.5. The van der Waals surface area contributed by atoms with Crippen molar-refractivity contribution in [3.8, 4) is 11.3 Å².